The van der Waals surface area contributed by atoms with Crippen molar-refractivity contribution in [3.63, 3.8) is 0 Å². The number of hydrogen-bond acceptors (Lipinski definition) is 1. The highest BCUT2D eigenvalue weighted by Gasteiger charge is 2.40. The molecular weight excluding hydrogens is 591 g/mol. The van der Waals surface area contributed by atoms with Crippen LogP contribution in [-0.4, -0.2) is 20.3 Å². The van der Waals surface area contributed by atoms with Crippen molar-refractivity contribution in [2.45, 2.75) is 43.9 Å². The molecule has 4 rings (SSSR count). The maximum atomic E-state index is 14.0. The Kier molecular flexibility index (Phi) is 9.36. The van der Waals surface area contributed by atoms with Crippen LogP contribution >= 0.6 is 7.92 Å². The lowest BCUT2D eigenvalue weighted by Crippen LogP contribution is -2.39. The highest BCUT2D eigenvalue weighted by Crippen LogP contribution is 2.43. The quantitative estimate of drug-likeness (QED) is 0.152. The van der Waals surface area contributed by atoms with Crippen LogP contribution in [0.25, 0.3) is 0 Å². The number of benzene rings is 4. The maximum absolute atomic E-state index is 14.0. The largest absolute Gasteiger partial charge is 0.416 e. The van der Waals surface area contributed by atoms with Gasteiger partial charge in [-0.15, -0.1) is 0 Å². The van der Waals surface area contributed by atoms with Gasteiger partial charge in [0.15, 0.2) is 0 Å². The van der Waals surface area contributed by atoms with Crippen molar-refractivity contribution in [2.75, 3.05) is 7.05 Å². The van der Waals surface area contributed by atoms with Crippen molar-refractivity contribution in [1.29, 1.82) is 0 Å². The van der Waals surface area contributed by atoms with E-state index >= 15 is 0 Å². The Balaban J connectivity index is 2.06. The van der Waals surface area contributed by atoms with Gasteiger partial charge in [-0.2, -0.15) is 26.3 Å². The van der Waals surface area contributed by atoms with Crippen LogP contribution in [0, 0.1) is 0 Å². The van der Waals surface area contributed by atoms with Gasteiger partial charge in [-0.3, -0.25) is 0 Å². The van der Waals surface area contributed by atoms with Crippen molar-refractivity contribution in [3.8, 4) is 0 Å². The molecular formula is C32H30F6NOPS. The van der Waals surface area contributed by atoms with E-state index in [4.69, 9.17) is 0 Å². The second-order valence-corrected chi connectivity index (χ2v) is 15.2. The SMILES string of the molecule is CN(C(c1cc(C(F)(F)F)cc(C(F)(F)F)c1)c1ccccc1P(c1ccccc1)c1ccccc1)[S@@](=O)C(C)(C)C. The summed E-state index contributed by atoms with van der Waals surface area (Å²) in [6, 6.07) is 26.5. The van der Waals surface area contributed by atoms with Gasteiger partial charge in [0.25, 0.3) is 0 Å². The molecule has 0 aromatic heterocycles. The fourth-order valence-corrected chi connectivity index (χ4v) is 8.53. The molecule has 0 amide bonds. The van der Waals surface area contributed by atoms with Crippen molar-refractivity contribution >= 4 is 34.8 Å². The topological polar surface area (TPSA) is 20.3 Å². The Bertz CT molecular complexity index is 1460. The van der Waals surface area contributed by atoms with E-state index in [0.29, 0.717) is 5.56 Å². The first-order valence-corrected chi connectivity index (χ1v) is 15.5. The zero-order valence-electron chi connectivity index (χ0n) is 23.4. The van der Waals surface area contributed by atoms with Crippen LogP contribution in [0.5, 0.6) is 0 Å². The molecule has 4 aromatic rings. The molecule has 0 aliphatic heterocycles. The minimum Gasteiger partial charge on any atom is -0.242 e. The predicted molar refractivity (Wildman–Crippen MR) is 159 cm³/mol. The Labute approximate surface area is 245 Å². The van der Waals surface area contributed by atoms with Gasteiger partial charge in [-0.05, 0) is 73.9 Å². The molecule has 1 unspecified atom stereocenters. The number of alkyl halides is 6. The highest BCUT2D eigenvalue weighted by molar-refractivity contribution is 7.84. The third-order valence-electron chi connectivity index (χ3n) is 6.58. The van der Waals surface area contributed by atoms with E-state index in [9.17, 15) is 30.6 Å². The Morgan fingerprint density at radius 1 is 0.667 bits per heavy atom. The summed E-state index contributed by atoms with van der Waals surface area (Å²) in [6.45, 7) is 5.12. The van der Waals surface area contributed by atoms with E-state index < -0.39 is 53.2 Å². The normalized spacial score (nSPS) is 14.3. The van der Waals surface area contributed by atoms with Crippen molar-refractivity contribution < 1.29 is 30.6 Å². The lowest BCUT2D eigenvalue weighted by molar-refractivity contribution is -0.143. The molecule has 0 aliphatic carbocycles. The average Bonchev–Trinajstić information content (AvgIpc) is 2.93. The number of rotatable bonds is 7. The zero-order valence-corrected chi connectivity index (χ0v) is 25.1. The summed E-state index contributed by atoms with van der Waals surface area (Å²) < 4.78 is 98.0. The van der Waals surface area contributed by atoms with Crippen LogP contribution in [0.15, 0.2) is 103 Å². The molecule has 4 aromatic carbocycles. The van der Waals surface area contributed by atoms with E-state index in [1.165, 1.54) is 11.4 Å². The van der Waals surface area contributed by atoms with Crippen LogP contribution in [0.1, 0.15) is 49.1 Å². The molecule has 2 nitrogen and oxygen atoms in total. The first kappa shape index (κ1) is 31.9. The molecule has 222 valence electrons. The van der Waals surface area contributed by atoms with E-state index in [1.807, 2.05) is 66.7 Å². The predicted octanol–water partition coefficient (Wildman–Crippen LogP) is 7.97. The average molecular weight is 622 g/mol. The van der Waals surface area contributed by atoms with Crippen LogP contribution in [0.3, 0.4) is 0 Å². The molecule has 0 radical (unpaired) electrons. The minimum atomic E-state index is -5.03. The molecule has 0 N–H and O–H groups in total. The molecule has 0 bridgehead atoms. The molecule has 0 aliphatic rings. The first-order chi connectivity index (χ1) is 19.6. The van der Waals surface area contributed by atoms with Crippen LogP contribution < -0.4 is 15.9 Å². The summed E-state index contributed by atoms with van der Waals surface area (Å²) in [5.74, 6) is 0. The van der Waals surface area contributed by atoms with Crippen molar-refractivity contribution in [1.82, 2.24) is 4.31 Å². The van der Waals surface area contributed by atoms with Crippen molar-refractivity contribution in [3.05, 3.63) is 125 Å². The maximum Gasteiger partial charge on any atom is 0.416 e. The monoisotopic (exact) mass is 621 g/mol. The Morgan fingerprint density at radius 3 is 1.52 bits per heavy atom. The molecule has 2 atom stereocenters. The standard InChI is InChI=1S/C32H30F6NOPS/c1-30(2,3)42(40)39(4)29(22-19-23(31(33,34)35)21-24(20-22)32(36,37)38)27-17-11-12-18-28(27)41(25-13-7-5-8-14-25)26-15-9-6-10-16-26/h5-21,29H,1-4H3/t29?,42-/m0/s1. The smallest absolute Gasteiger partial charge is 0.242 e. The number of halogens is 6. The fraction of sp³-hybridized carbons (Fsp3) is 0.250. The van der Waals surface area contributed by atoms with E-state index in [-0.39, 0.29) is 11.6 Å². The number of nitrogens with zero attached hydrogens (tertiary/aromatic N) is 1. The molecule has 0 spiro atoms. The van der Waals surface area contributed by atoms with E-state index in [0.717, 1.165) is 28.0 Å². The van der Waals surface area contributed by atoms with Gasteiger partial charge < -0.3 is 0 Å². The fourth-order valence-electron chi connectivity index (χ4n) is 4.75. The van der Waals surface area contributed by atoms with Gasteiger partial charge in [0.2, 0.25) is 0 Å². The summed E-state index contributed by atoms with van der Waals surface area (Å²) in [5, 5.41) is 2.63. The Hall–Kier alpha value is -3.00. The second kappa shape index (κ2) is 12.3. The second-order valence-electron chi connectivity index (χ2n) is 10.7. The lowest BCUT2D eigenvalue weighted by Gasteiger charge is -2.35. The van der Waals surface area contributed by atoms with Gasteiger partial charge in [-0.25, -0.2) is 8.51 Å². The minimum absolute atomic E-state index is 0.119. The summed E-state index contributed by atoms with van der Waals surface area (Å²) in [6.07, 6.45) is -10.1. The van der Waals surface area contributed by atoms with Gasteiger partial charge in [0.05, 0.1) is 21.9 Å². The molecule has 0 saturated heterocycles. The van der Waals surface area contributed by atoms with E-state index in [1.54, 1.807) is 39.0 Å². The van der Waals surface area contributed by atoms with Crippen LogP contribution in [0.4, 0.5) is 26.3 Å². The third-order valence-corrected chi connectivity index (χ3v) is 10.9. The lowest BCUT2D eigenvalue weighted by atomic mass is 9.94. The third kappa shape index (κ3) is 7.13. The molecule has 0 saturated carbocycles. The molecule has 0 heterocycles. The number of hydrogen-bond donors (Lipinski definition) is 0. The highest BCUT2D eigenvalue weighted by atomic mass is 32.2. The summed E-state index contributed by atoms with van der Waals surface area (Å²) in [4.78, 5) is 0. The van der Waals surface area contributed by atoms with Crippen LogP contribution in [-0.2, 0) is 23.3 Å². The molecule has 0 fully saturated rings. The molecule has 42 heavy (non-hydrogen) atoms. The summed E-state index contributed by atoms with van der Waals surface area (Å²) >= 11 is 0. The van der Waals surface area contributed by atoms with Crippen LogP contribution in [0.2, 0.25) is 0 Å². The first-order valence-electron chi connectivity index (χ1n) is 13.0. The Morgan fingerprint density at radius 2 is 1.10 bits per heavy atom. The van der Waals surface area contributed by atoms with Gasteiger partial charge in [-0.1, -0.05) is 84.9 Å². The van der Waals surface area contributed by atoms with Crippen molar-refractivity contribution in [2.24, 2.45) is 0 Å². The van der Waals surface area contributed by atoms with E-state index in [2.05, 4.69) is 0 Å². The zero-order chi connectivity index (χ0) is 30.9. The van der Waals surface area contributed by atoms with Gasteiger partial charge >= 0.3 is 12.4 Å². The summed E-state index contributed by atoms with van der Waals surface area (Å²) in [7, 11) is -1.62. The molecule has 10 heteroatoms. The summed E-state index contributed by atoms with van der Waals surface area (Å²) in [5.41, 5.74) is -2.61. The van der Waals surface area contributed by atoms with Gasteiger partial charge in [0, 0.05) is 7.05 Å². The van der Waals surface area contributed by atoms with Gasteiger partial charge in [0.1, 0.15) is 11.0 Å².